The van der Waals surface area contributed by atoms with Crippen LogP contribution in [0.25, 0.3) is 0 Å². The van der Waals surface area contributed by atoms with Crippen LogP contribution in [0.15, 0.2) is 0 Å². The van der Waals surface area contributed by atoms with Crippen molar-refractivity contribution < 1.29 is 52.7 Å². The van der Waals surface area contributed by atoms with Crippen LogP contribution in [0.5, 0.6) is 0 Å². The van der Waals surface area contributed by atoms with Gasteiger partial charge in [0.25, 0.3) is 0 Å². The van der Waals surface area contributed by atoms with Crippen LogP contribution in [0.1, 0.15) is 0 Å². The van der Waals surface area contributed by atoms with E-state index in [-0.39, 0.29) is 12.5 Å². The standard InChI is InChI=1S/C6H10F8N6O4S2/c1-25(21,22)15-3(17(7)8)5(19(11)12)16(26(2,23)24)6(20(13)14)4(15)18(9)10/h3-6H,1-2H3. The van der Waals surface area contributed by atoms with E-state index in [1.54, 1.807) is 0 Å². The molecule has 1 fully saturated rings. The molecule has 0 bridgehead atoms. The Labute approximate surface area is 140 Å². The lowest BCUT2D eigenvalue weighted by molar-refractivity contribution is -0.379. The van der Waals surface area contributed by atoms with Gasteiger partial charge in [0.1, 0.15) is 0 Å². The summed E-state index contributed by atoms with van der Waals surface area (Å²) in [6.45, 7) is 0. The molecule has 1 rings (SSSR count). The molecule has 0 N–H and O–H groups in total. The highest BCUT2D eigenvalue weighted by Crippen LogP contribution is 2.38. The van der Waals surface area contributed by atoms with Gasteiger partial charge in [0.15, 0.2) is 24.7 Å². The normalized spacial score (nSPS) is 30.1. The number of hydrogen-bond donors (Lipinski definition) is 0. The minimum Gasteiger partial charge on any atom is -0.212 e. The molecule has 0 aromatic heterocycles. The fraction of sp³-hybridized carbons (Fsp3) is 1.00. The molecule has 0 saturated carbocycles. The Morgan fingerprint density at radius 3 is 0.769 bits per heavy atom. The first-order chi connectivity index (χ1) is 11.5. The van der Waals surface area contributed by atoms with Crippen LogP contribution in [0.4, 0.5) is 35.9 Å². The Morgan fingerprint density at radius 2 is 0.692 bits per heavy atom. The van der Waals surface area contributed by atoms with Crippen molar-refractivity contribution in [3.05, 3.63) is 0 Å². The van der Waals surface area contributed by atoms with E-state index < -0.39 is 74.7 Å². The molecule has 20 heteroatoms. The molecule has 10 nitrogen and oxygen atoms in total. The summed E-state index contributed by atoms with van der Waals surface area (Å²) in [5.41, 5.74) is 0. The van der Waals surface area contributed by atoms with Crippen LogP contribution in [0, 0.1) is 0 Å². The van der Waals surface area contributed by atoms with Crippen molar-refractivity contribution in [3.63, 3.8) is 0 Å². The Morgan fingerprint density at radius 1 is 0.538 bits per heavy atom. The van der Waals surface area contributed by atoms with Crippen molar-refractivity contribution in [1.82, 2.24) is 30.0 Å². The predicted molar refractivity (Wildman–Crippen MR) is 64.7 cm³/mol. The maximum Gasteiger partial charge on any atom is 0.214 e. The molecule has 156 valence electrons. The number of rotatable bonds is 6. The molecule has 4 unspecified atom stereocenters. The van der Waals surface area contributed by atoms with Crippen LogP contribution in [-0.2, 0) is 20.0 Å². The van der Waals surface area contributed by atoms with Crippen LogP contribution in [0.3, 0.4) is 0 Å². The summed E-state index contributed by atoms with van der Waals surface area (Å²) in [5.74, 6) is 0. The Hall–Kier alpha value is -0.900. The largest absolute Gasteiger partial charge is 0.214 e. The van der Waals surface area contributed by atoms with Gasteiger partial charge in [0.2, 0.25) is 20.0 Å². The smallest absolute Gasteiger partial charge is 0.212 e. The molecule has 26 heavy (non-hydrogen) atoms. The molecule has 4 atom stereocenters. The van der Waals surface area contributed by atoms with Gasteiger partial charge >= 0.3 is 0 Å². The van der Waals surface area contributed by atoms with E-state index in [1.807, 2.05) is 0 Å². The topological polar surface area (TPSA) is 87.7 Å². The van der Waals surface area contributed by atoms with Crippen molar-refractivity contribution in [3.8, 4) is 0 Å². The zero-order valence-corrected chi connectivity index (χ0v) is 14.1. The summed E-state index contributed by atoms with van der Waals surface area (Å²) in [6.07, 6.45) is -14.4. The molecule has 0 spiro atoms. The number of nitrogens with zero attached hydrogens (tertiary/aromatic N) is 6. The molecule has 0 radical (unpaired) electrons. The van der Waals surface area contributed by atoms with E-state index in [1.165, 1.54) is 0 Å². The highest BCUT2D eigenvalue weighted by atomic mass is 32.2. The SMILES string of the molecule is CS(=O)(=O)N1C(N(F)F)C(N(F)F)N(S(C)(=O)=O)C(N(F)F)C1N(F)F. The van der Waals surface area contributed by atoms with Crippen molar-refractivity contribution in [2.24, 2.45) is 0 Å². The molecular weight excluding hydrogens is 436 g/mol. The molecule has 1 aliphatic rings. The average molecular weight is 446 g/mol. The highest BCUT2D eigenvalue weighted by Gasteiger charge is 2.64. The van der Waals surface area contributed by atoms with E-state index in [9.17, 15) is 52.7 Å². The molecule has 1 heterocycles. The summed E-state index contributed by atoms with van der Waals surface area (Å²) < 4.78 is 149. The van der Waals surface area contributed by atoms with Crippen LogP contribution >= 0.6 is 0 Å². The molecule has 0 aromatic rings. The second-order valence-corrected chi connectivity index (χ2v) is 8.65. The lowest BCUT2D eigenvalue weighted by Crippen LogP contribution is -2.77. The first-order valence-electron chi connectivity index (χ1n) is 5.93. The van der Waals surface area contributed by atoms with E-state index in [0.717, 1.165) is 0 Å². The van der Waals surface area contributed by atoms with Gasteiger partial charge in [-0.05, 0) is 0 Å². The number of halogens is 8. The zero-order valence-electron chi connectivity index (χ0n) is 12.5. The van der Waals surface area contributed by atoms with E-state index in [2.05, 4.69) is 0 Å². The minimum absolute atomic E-state index is 0.00579. The first kappa shape index (κ1) is 23.1. The number of hydrogen-bond acceptors (Lipinski definition) is 8. The van der Waals surface area contributed by atoms with Gasteiger partial charge < -0.3 is 0 Å². The highest BCUT2D eigenvalue weighted by molar-refractivity contribution is 7.88. The summed E-state index contributed by atoms with van der Waals surface area (Å²) in [4.78, 5) is 0. The van der Waals surface area contributed by atoms with Crippen molar-refractivity contribution in [1.29, 1.82) is 0 Å². The Balaban J connectivity index is 3.90. The van der Waals surface area contributed by atoms with Crippen molar-refractivity contribution in [2.75, 3.05) is 12.5 Å². The monoisotopic (exact) mass is 446 g/mol. The second-order valence-electron chi connectivity index (χ2n) is 4.88. The summed E-state index contributed by atoms with van der Waals surface area (Å²) in [5, 5.41) is -9.26. The maximum absolute atomic E-state index is 13.1. The fourth-order valence-electron chi connectivity index (χ4n) is 2.37. The lowest BCUT2D eigenvalue weighted by atomic mass is 10.2. The summed E-state index contributed by atoms with van der Waals surface area (Å²) >= 11 is 0. The maximum atomic E-state index is 13.1. The number of sulfonamides is 2. The summed E-state index contributed by atoms with van der Waals surface area (Å²) in [6, 6.07) is 0. The molecule has 0 aliphatic carbocycles. The summed E-state index contributed by atoms with van der Waals surface area (Å²) in [7, 11) is -10.5. The second kappa shape index (κ2) is 7.61. The van der Waals surface area contributed by atoms with Crippen LogP contribution < -0.4 is 0 Å². The van der Waals surface area contributed by atoms with Gasteiger partial charge in [-0.1, -0.05) is 35.9 Å². The number of piperazine rings is 1. The van der Waals surface area contributed by atoms with Crippen molar-refractivity contribution >= 4 is 20.0 Å². The zero-order chi connectivity index (χ0) is 20.8. The third-order valence-corrected chi connectivity index (χ3v) is 5.54. The fourth-order valence-corrected chi connectivity index (χ4v) is 4.66. The first-order valence-corrected chi connectivity index (χ1v) is 9.63. The average Bonchev–Trinajstić information content (AvgIpc) is 2.41. The minimum atomic E-state index is -5.27. The van der Waals surface area contributed by atoms with Gasteiger partial charge in [-0.3, -0.25) is 0 Å². The predicted octanol–water partition coefficient (Wildman–Crippen LogP) is 0.112. The van der Waals surface area contributed by atoms with E-state index >= 15 is 0 Å². The molecule has 1 aliphatic heterocycles. The Bertz CT molecular complexity index is 618. The van der Waals surface area contributed by atoms with E-state index in [4.69, 9.17) is 0 Å². The van der Waals surface area contributed by atoms with E-state index in [0.29, 0.717) is 0 Å². The van der Waals surface area contributed by atoms with Gasteiger partial charge in [-0.25, -0.2) is 16.8 Å². The van der Waals surface area contributed by atoms with Gasteiger partial charge in [-0.2, -0.15) is 8.61 Å². The van der Waals surface area contributed by atoms with Crippen molar-refractivity contribution in [2.45, 2.75) is 24.7 Å². The quantitative estimate of drug-likeness (QED) is 0.420. The van der Waals surface area contributed by atoms with Gasteiger partial charge in [0, 0.05) is 21.4 Å². The van der Waals surface area contributed by atoms with Crippen LogP contribution in [-0.4, -0.2) is 84.0 Å². The molecular formula is C6H10F8N6O4S2. The molecule has 0 amide bonds. The van der Waals surface area contributed by atoms with Crippen LogP contribution in [0.2, 0.25) is 0 Å². The molecule has 0 aromatic carbocycles. The third kappa shape index (κ3) is 4.32. The van der Waals surface area contributed by atoms with Gasteiger partial charge in [-0.15, -0.1) is 0 Å². The molecule has 1 saturated heterocycles. The lowest BCUT2D eigenvalue weighted by Gasteiger charge is -2.50. The van der Waals surface area contributed by atoms with Gasteiger partial charge in [0.05, 0.1) is 12.5 Å². The third-order valence-electron chi connectivity index (χ3n) is 3.14. The Kier molecular flexibility index (Phi) is 6.78.